The molecule has 0 saturated carbocycles. The fourth-order valence-corrected chi connectivity index (χ4v) is 2.47. The van der Waals surface area contributed by atoms with E-state index in [1.54, 1.807) is 49.4 Å². The van der Waals surface area contributed by atoms with E-state index in [4.69, 9.17) is 9.47 Å². The molecule has 2 rings (SSSR count). The summed E-state index contributed by atoms with van der Waals surface area (Å²) in [6.45, 7) is 3.37. The fourth-order valence-electron chi connectivity index (χ4n) is 2.47. The average molecular weight is 384 g/mol. The van der Waals surface area contributed by atoms with Gasteiger partial charge in [-0.25, -0.2) is 0 Å². The van der Waals surface area contributed by atoms with Crippen LogP contribution in [0.15, 0.2) is 48.5 Å². The molecule has 0 aliphatic carbocycles. The van der Waals surface area contributed by atoms with Crippen molar-refractivity contribution in [3.63, 3.8) is 0 Å². The highest BCUT2D eigenvalue weighted by Crippen LogP contribution is 2.16. The zero-order valence-electron chi connectivity index (χ0n) is 16.2. The van der Waals surface area contributed by atoms with Crippen molar-refractivity contribution in [1.29, 1.82) is 0 Å². The van der Waals surface area contributed by atoms with Crippen LogP contribution in [0.4, 0.5) is 5.69 Å². The maximum Gasteiger partial charge on any atom is 0.261 e. The molecule has 0 aromatic heterocycles. The molecule has 0 saturated heterocycles. The van der Waals surface area contributed by atoms with Crippen LogP contribution in [-0.2, 0) is 20.9 Å². The molecule has 2 aromatic carbocycles. The maximum atomic E-state index is 12.3. The minimum Gasteiger partial charge on any atom is -0.481 e. The summed E-state index contributed by atoms with van der Waals surface area (Å²) < 4.78 is 10.4. The Morgan fingerprint density at radius 2 is 1.82 bits per heavy atom. The zero-order valence-corrected chi connectivity index (χ0v) is 16.2. The minimum atomic E-state index is -0.730. The number of carbonyl (C=O) groups excluding carboxylic acids is 3. The van der Waals surface area contributed by atoms with E-state index in [1.165, 1.54) is 14.0 Å². The second-order valence-corrected chi connectivity index (χ2v) is 6.24. The Labute approximate surface area is 164 Å². The Morgan fingerprint density at radius 1 is 1.07 bits per heavy atom. The van der Waals surface area contributed by atoms with Crippen LogP contribution in [0.3, 0.4) is 0 Å². The van der Waals surface area contributed by atoms with Crippen LogP contribution in [0, 0.1) is 0 Å². The number of Topliss-reactive ketones (excluding diaryl/α,β-unsaturated/α-hetero) is 1. The molecular weight excluding hydrogens is 360 g/mol. The molecule has 0 aliphatic rings. The maximum absolute atomic E-state index is 12.3. The summed E-state index contributed by atoms with van der Waals surface area (Å²) in [7, 11) is 1.45. The number of ether oxygens (including phenoxy) is 2. The lowest BCUT2D eigenvalue weighted by atomic mass is 10.1. The Kier molecular flexibility index (Phi) is 7.71. The molecule has 7 heteroatoms. The van der Waals surface area contributed by atoms with Crippen LogP contribution in [0.25, 0.3) is 0 Å². The molecule has 2 N–H and O–H groups in total. The smallest absolute Gasteiger partial charge is 0.261 e. The highest BCUT2D eigenvalue weighted by atomic mass is 16.5. The van der Waals surface area contributed by atoms with E-state index in [9.17, 15) is 14.4 Å². The molecule has 28 heavy (non-hydrogen) atoms. The van der Waals surface area contributed by atoms with Crippen molar-refractivity contribution in [2.45, 2.75) is 26.5 Å². The van der Waals surface area contributed by atoms with Crippen LogP contribution in [0.2, 0.25) is 0 Å². The van der Waals surface area contributed by atoms with Gasteiger partial charge in [-0.05, 0) is 43.7 Å². The number of carbonyl (C=O) groups is 3. The molecule has 1 atom stereocenters. The number of nitrogens with one attached hydrogen (secondary N) is 2. The zero-order chi connectivity index (χ0) is 20.5. The predicted molar refractivity (Wildman–Crippen MR) is 105 cm³/mol. The molecule has 2 aromatic rings. The number of hydrogen-bond acceptors (Lipinski definition) is 5. The van der Waals surface area contributed by atoms with E-state index in [0.29, 0.717) is 17.0 Å². The molecule has 1 unspecified atom stereocenters. The number of methoxy groups -OCH3 is 1. The van der Waals surface area contributed by atoms with Crippen molar-refractivity contribution < 1.29 is 23.9 Å². The number of hydrogen-bond donors (Lipinski definition) is 2. The summed E-state index contributed by atoms with van der Waals surface area (Å²) in [4.78, 5) is 35.3. The monoisotopic (exact) mass is 384 g/mol. The van der Waals surface area contributed by atoms with Gasteiger partial charge < -0.3 is 20.1 Å². The number of ketones is 1. The van der Waals surface area contributed by atoms with Crippen LogP contribution in [-0.4, -0.2) is 37.4 Å². The number of amides is 2. The number of rotatable bonds is 9. The van der Waals surface area contributed by atoms with E-state index in [1.807, 2.05) is 6.07 Å². The van der Waals surface area contributed by atoms with Gasteiger partial charge in [-0.2, -0.15) is 0 Å². The molecule has 0 fully saturated rings. The summed E-state index contributed by atoms with van der Waals surface area (Å²) >= 11 is 0. The number of anilines is 1. The lowest BCUT2D eigenvalue weighted by molar-refractivity contribution is -0.127. The lowest BCUT2D eigenvalue weighted by Gasteiger charge is -2.15. The SMILES string of the molecule is COCC(=O)Nc1cccc(CNC(=O)C(C)Oc2cccc(C(C)=O)c2)c1. The molecule has 0 spiro atoms. The number of benzene rings is 2. The normalized spacial score (nSPS) is 11.4. The first-order chi connectivity index (χ1) is 13.4. The van der Waals surface area contributed by atoms with Gasteiger partial charge in [0, 0.05) is 24.9 Å². The first-order valence-electron chi connectivity index (χ1n) is 8.82. The first kappa shape index (κ1) is 21.1. The summed E-state index contributed by atoms with van der Waals surface area (Å²) in [5, 5.41) is 5.51. The first-order valence-corrected chi connectivity index (χ1v) is 8.82. The molecule has 0 bridgehead atoms. The van der Waals surface area contributed by atoms with Crippen molar-refractivity contribution in [3.05, 3.63) is 59.7 Å². The van der Waals surface area contributed by atoms with E-state index in [-0.39, 0.29) is 30.7 Å². The molecular formula is C21H24N2O5. The van der Waals surface area contributed by atoms with Crippen molar-refractivity contribution in [2.24, 2.45) is 0 Å². The van der Waals surface area contributed by atoms with Crippen LogP contribution >= 0.6 is 0 Å². The van der Waals surface area contributed by atoms with Gasteiger partial charge in [0.05, 0.1) is 0 Å². The second-order valence-electron chi connectivity index (χ2n) is 6.24. The van der Waals surface area contributed by atoms with E-state index >= 15 is 0 Å². The Balaban J connectivity index is 1.90. The average Bonchev–Trinajstić information content (AvgIpc) is 2.66. The molecule has 7 nitrogen and oxygen atoms in total. The standard InChI is InChI=1S/C21H24N2O5/c1-14(24)17-7-5-9-19(11-17)28-15(2)21(26)22-12-16-6-4-8-18(10-16)23-20(25)13-27-3/h4-11,15H,12-13H2,1-3H3,(H,22,26)(H,23,25). The molecule has 0 radical (unpaired) electrons. The van der Waals surface area contributed by atoms with Gasteiger partial charge in [-0.15, -0.1) is 0 Å². The second kappa shape index (κ2) is 10.2. The van der Waals surface area contributed by atoms with Crippen molar-refractivity contribution in [2.75, 3.05) is 19.0 Å². The van der Waals surface area contributed by atoms with Gasteiger partial charge in [0.2, 0.25) is 5.91 Å². The highest BCUT2D eigenvalue weighted by Gasteiger charge is 2.15. The Bertz CT molecular complexity index is 850. The summed E-state index contributed by atoms with van der Waals surface area (Å²) in [5.41, 5.74) is 1.98. The lowest BCUT2D eigenvalue weighted by Crippen LogP contribution is -2.35. The van der Waals surface area contributed by atoms with Gasteiger partial charge in [0.25, 0.3) is 5.91 Å². The van der Waals surface area contributed by atoms with Gasteiger partial charge in [0.1, 0.15) is 12.4 Å². The predicted octanol–water partition coefficient (Wildman–Crippen LogP) is 2.56. The van der Waals surface area contributed by atoms with Crippen LogP contribution < -0.4 is 15.4 Å². The van der Waals surface area contributed by atoms with Gasteiger partial charge >= 0.3 is 0 Å². The Morgan fingerprint density at radius 3 is 2.54 bits per heavy atom. The molecule has 148 valence electrons. The van der Waals surface area contributed by atoms with E-state index in [2.05, 4.69) is 10.6 Å². The van der Waals surface area contributed by atoms with Crippen LogP contribution in [0.1, 0.15) is 29.8 Å². The van der Waals surface area contributed by atoms with Gasteiger partial charge in [-0.1, -0.05) is 24.3 Å². The third kappa shape index (κ3) is 6.51. The van der Waals surface area contributed by atoms with Crippen molar-refractivity contribution in [1.82, 2.24) is 5.32 Å². The molecule has 2 amide bonds. The fraction of sp³-hybridized carbons (Fsp3) is 0.286. The van der Waals surface area contributed by atoms with Crippen molar-refractivity contribution >= 4 is 23.3 Å². The van der Waals surface area contributed by atoms with Crippen molar-refractivity contribution in [3.8, 4) is 5.75 Å². The summed E-state index contributed by atoms with van der Waals surface area (Å²) in [6.07, 6.45) is -0.730. The molecule has 0 aliphatic heterocycles. The third-order valence-corrected chi connectivity index (χ3v) is 3.88. The topological polar surface area (TPSA) is 93.7 Å². The quantitative estimate of drug-likeness (QED) is 0.648. The molecule has 0 heterocycles. The largest absolute Gasteiger partial charge is 0.481 e. The minimum absolute atomic E-state index is 0.0271. The Hall–Kier alpha value is -3.19. The van der Waals surface area contributed by atoms with Gasteiger partial charge in [-0.3, -0.25) is 14.4 Å². The van der Waals surface area contributed by atoms with E-state index in [0.717, 1.165) is 5.56 Å². The third-order valence-electron chi connectivity index (χ3n) is 3.88. The summed E-state index contributed by atoms with van der Waals surface area (Å²) in [5.74, 6) is -0.154. The van der Waals surface area contributed by atoms with E-state index < -0.39 is 6.10 Å². The summed E-state index contributed by atoms with van der Waals surface area (Å²) in [6, 6.07) is 13.9. The highest BCUT2D eigenvalue weighted by molar-refractivity contribution is 5.94. The van der Waals surface area contributed by atoms with Gasteiger partial charge in [0.15, 0.2) is 11.9 Å². The van der Waals surface area contributed by atoms with Crippen LogP contribution in [0.5, 0.6) is 5.75 Å².